The lowest BCUT2D eigenvalue weighted by molar-refractivity contribution is 0.174. The first kappa shape index (κ1) is 16.2. The lowest BCUT2D eigenvalue weighted by Crippen LogP contribution is -2.06. The van der Waals surface area contributed by atoms with E-state index in [1.165, 1.54) is 11.1 Å². The van der Waals surface area contributed by atoms with E-state index < -0.39 is 0 Å². The fraction of sp³-hybridized carbons (Fsp3) is 0.200. The van der Waals surface area contributed by atoms with Gasteiger partial charge in [0.25, 0.3) is 0 Å². The molecule has 0 bridgehead atoms. The molecule has 0 spiro atoms. The molecule has 26 heavy (non-hydrogen) atoms. The molecule has 0 amide bonds. The Morgan fingerprint density at radius 3 is 2.54 bits per heavy atom. The van der Waals surface area contributed by atoms with Gasteiger partial charge >= 0.3 is 0 Å². The van der Waals surface area contributed by atoms with Gasteiger partial charge in [-0.15, -0.1) is 0 Å². The molecule has 0 fully saturated rings. The van der Waals surface area contributed by atoms with Crippen molar-refractivity contribution < 1.29 is 9.47 Å². The molecule has 1 aliphatic rings. The molecule has 3 aromatic rings. The normalized spacial score (nSPS) is 12.0. The predicted molar refractivity (Wildman–Crippen MR) is 100 cm³/mol. The predicted octanol–water partition coefficient (Wildman–Crippen LogP) is 3.74. The van der Waals surface area contributed by atoms with Crippen LogP contribution in [0.3, 0.4) is 0 Å². The highest BCUT2D eigenvalue weighted by Gasteiger charge is 2.13. The minimum Gasteiger partial charge on any atom is -0.454 e. The Morgan fingerprint density at radius 2 is 1.65 bits per heavy atom. The first-order valence-electron chi connectivity index (χ1n) is 8.51. The first-order chi connectivity index (χ1) is 12.8. The Labute approximate surface area is 152 Å². The Kier molecular flexibility index (Phi) is 4.55. The minimum absolute atomic E-state index is 0.282. The highest BCUT2D eigenvalue weighted by atomic mass is 16.7. The van der Waals surface area contributed by atoms with Crippen molar-refractivity contribution in [3.05, 3.63) is 71.4 Å². The molecule has 0 saturated carbocycles. The molecule has 6 nitrogen and oxygen atoms in total. The summed E-state index contributed by atoms with van der Waals surface area (Å²) in [6.45, 7) is 3.70. The van der Waals surface area contributed by atoms with Crippen LogP contribution in [0.4, 0.5) is 11.8 Å². The number of rotatable bonds is 6. The van der Waals surface area contributed by atoms with Gasteiger partial charge in [-0.3, -0.25) is 0 Å². The van der Waals surface area contributed by atoms with Crippen LogP contribution < -0.4 is 20.1 Å². The van der Waals surface area contributed by atoms with Crippen LogP contribution in [0, 0.1) is 6.92 Å². The first-order valence-corrected chi connectivity index (χ1v) is 8.51. The number of nitrogens with one attached hydrogen (secondary N) is 2. The molecule has 6 heteroatoms. The zero-order valence-electron chi connectivity index (χ0n) is 14.5. The number of aryl methyl sites for hydroxylation is 1. The maximum Gasteiger partial charge on any atom is 0.231 e. The van der Waals surface area contributed by atoms with E-state index in [2.05, 4.69) is 51.8 Å². The van der Waals surface area contributed by atoms with E-state index in [0.717, 1.165) is 29.4 Å². The Morgan fingerprint density at radius 1 is 0.885 bits per heavy atom. The molecule has 132 valence electrons. The molecule has 2 heterocycles. The number of benzene rings is 2. The van der Waals surface area contributed by atoms with E-state index in [9.17, 15) is 0 Å². The van der Waals surface area contributed by atoms with Crippen molar-refractivity contribution in [2.24, 2.45) is 0 Å². The van der Waals surface area contributed by atoms with Crippen LogP contribution >= 0.6 is 0 Å². The van der Waals surface area contributed by atoms with Crippen molar-refractivity contribution in [2.45, 2.75) is 20.0 Å². The zero-order chi connectivity index (χ0) is 17.8. The molecule has 1 aliphatic heterocycles. The van der Waals surface area contributed by atoms with Gasteiger partial charge in [0.1, 0.15) is 5.82 Å². The standard InChI is InChI=1S/C20H20N4O2/c1-14-2-4-15(5-3-14)11-22-19-8-9-21-20(24-19)23-12-16-6-7-17-18(10-16)26-13-25-17/h2-10H,11-13H2,1H3,(H2,21,22,23,24). The van der Waals surface area contributed by atoms with Gasteiger partial charge in [-0.25, -0.2) is 4.98 Å². The topological polar surface area (TPSA) is 68.3 Å². The third-order valence-electron chi connectivity index (χ3n) is 4.14. The van der Waals surface area contributed by atoms with Crippen molar-refractivity contribution in [1.29, 1.82) is 0 Å². The highest BCUT2D eigenvalue weighted by Crippen LogP contribution is 2.32. The molecule has 4 rings (SSSR count). The van der Waals surface area contributed by atoms with Gasteiger partial charge in [0.15, 0.2) is 11.5 Å². The van der Waals surface area contributed by atoms with Crippen LogP contribution in [0.2, 0.25) is 0 Å². The monoisotopic (exact) mass is 348 g/mol. The number of hydrogen-bond donors (Lipinski definition) is 2. The molecule has 2 N–H and O–H groups in total. The van der Waals surface area contributed by atoms with Crippen molar-refractivity contribution in [3.8, 4) is 11.5 Å². The molecule has 0 unspecified atom stereocenters. The molecule has 0 saturated heterocycles. The van der Waals surface area contributed by atoms with Gasteiger partial charge in [-0.05, 0) is 36.2 Å². The Hall–Kier alpha value is -3.28. The van der Waals surface area contributed by atoms with Gasteiger partial charge in [-0.1, -0.05) is 35.9 Å². The molecule has 2 aromatic carbocycles. The summed E-state index contributed by atoms with van der Waals surface area (Å²) < 4.78 is 10.7. The Bertz CT molecular complexity index is 897. The number of aromatic nitrogens is 2. The zero-order valence-corrected chi connectivity index (χ0v) is 14.5. The number of ether oxygens (including phenoxy) is 2. The van der Waals surface area contributed by atoms with E-state index in [0.29, 0.717) is 12.5 Å². The number of hydrogen-bond acceptors (Lipinski definition) is 6. The van der Waals surface area contributed by atoms with Crippen molar-refractivity contribution in [3.63, 3.8) is 0 Å². The summed E-state index contributed by atoms with van der Waals surface area (Å²) in [7, 11) is 0. The van der Waals surface area contributed by atoms with E-state index in [4.69, 9.17) is 9.47 Å². The van der Waals surface area contributed by atoms with Crippen LogP contribution in [-0.2, 0) is 13.1 Å². The molecular formula is C20H20N4O2. The van der Waals surface area contributed by atoms with Gasteiger partial charge in [0.05, 0.1) is 0 Å². The van der Waals surface area contributed by atoms with Gasteiger partial charge in [0, 0.05) is 19.3 Å². The average molecular weight is 348 g/mol. The summed E-state index contributed by atoms with van der Waals surface area (Å²) in [5, 5.41) is 6.56. The second-order valence-corrected chi connectivity index (χ2v) is 6.15. The van der Waals surface area contributed by atoms with Crippen molar-refractivity contribution in [1.82, 2.24) is 9.97 Å². The molecule has 0 radical (unpaired) electrons. The summed E-state index contributed by atoms with van der Waals surface area (Å²) >= 11 is 0. The smallest absolute Gasteiger partial charge is 0.231 e. The minimum atomic E-state index is 0.282. The fourth-order valence-corrected chi connectivity index (χ4v) is 2.67. The van der Waals surface area contributed by atoms with E-state index in [1.54, 1.807) is 6.20 Å². The highest BCUT2D eigenvalue weighted by molar-refractivity contribution is 5.46. The molecule has 1 aromatic heterocycles. The number of anilines is 2. The van der Waals surface area contributed by atoms with Crippen LogP contribution in [-0.4, -0.2) is 16.8 Å². The fourth-order valence-electron chi connectivity index (χ4n) is 2.67. The van der Waals surface area contributed by atoms with Crippen molar-refractivity contribution >= 4 is 11.8 Å². The van der Waals surface area contributed by atoms with Crippen LogP contribution in [0.15, 0.2) is 54.7 Å². The second-order valence-electron chi connectivity index (χ2n) is 6.15. The van der Waals surface area contributed by atoms with Crippen LogP contribution in [0.25, 0.3) is 0 Å². The number of fused-ring (bicyclic) bond motifs is 1. The summed E-state index contributed by atoms with van der Waals surface area (Å²) in [5.74, 6) is 2.93. The average Bonchev–Trinajstić information content (AvgIpc) is 3.14. The maximum absolute atomic E-state index is 5.40. The molecular weight excluding hydrogens is 328 g/mol. The van der Waals surface area contributed by atoms with Crippen LogP contribution in [0.1, 0.15) is 16.7 Å². The van der Waals surface area contributed by atoms with Gasteiger partial charge in [-0.2, -0.15) is 4.98 Å². The van der Waals surface area contributed by atoms with Crippen LogP contribution in [0.5, 0.6) is 11.5 Å². The summed E-state index contributed by atoms with van der Waals surface area (Å²) in [6, 6.07) is 16.2. The SMILES string of the molecule is Cc1ccc(CNc2ccnc(NCc3ccc4c(c3)OCO4)n2)cc1. The van der Waals surface area contributed by atoms with Gasteiger partial charge < -0.3 is 20.1 Å². The third kappa shape index (κ3) is 3.85. The molecule has 0 atom stereocenters. The third-order valence-corrected chi connectivity index (χ3v) is 4.14. The Balaban J connectivity index is 1.35. The number of nitrogens with zero attached hydrogens (tertiary/aromatic N) is 2. The lowest BCUT2D eigenvalue weighted by Gasteiger charge is -2.09. The van der Waals surface area contributed by atoms with Crippen molar-refractivity contribution in [2.75, 3.05) is 17.4 Å². The second kappa shape index (κ2) is 7.31. The largest absolute Gasteiger partial charge is 0.454 e. The summed E-state index contributed by atoms with van der Waals surface area (Å²) in [5.41, 5.74) is 3.55. The van der Waals surface area contributed by atoms with E-state index >= 15 is 0 Å². The summed E-state index contributed by atoms with van der Waals surface area (Å²) in [4.78, 5) is 8.78. The lowest BCUT2D eigenvalue weighted by atomic mass is 10.1. The quantitative estimate of drug-likeness (QED) is 0.707. The molecule has 0 aliphatic carbocycles. The maximum atomic E-state index is 5.40. The van der Waals surface area contributed by atoms with E-state index in [1.807, 2.05) is 24.3 Å². The van der Waals surface area contributed by atoms with E-state index in [-0.39, 0.29) is 6.79 Å². The van der Waals surface area contributed by atoms with Gasteiger partial charge in [0.2, 0.25) is 12.7 Å². The summed E-state index contributed by atoms with van der Waals surface area (Å²) in [6.07, 6.45) is 1.74.